The maximum absolute atomic E-state index is 13.2. The molecule has 0 bridgehead atoms. The van der Waals surface area contributed by atoms with E-state index in [4.69, 9.17) is 14.2 Å². The molecule has 0 atom stereocenters. The van der Waals surface area contributed by atoms with E-state index >= 15 is 0 Å². The van der Waals surface area contributed by atoms with Gasteiger partial charge in [0.05, 0.1) is 11.1 Å². The molecule has 7 heteroatoms. The Morgan fingerprint density at radius 1 is 1.06 bits per heavy atom. The van der Waals surface area contributed by atoms with Gasteiger partial charge >= 0.3 is 0 Å². The number of rotatable bonds is 4. The van der Waals surface area contributed by atoms with Crippen molar-refractivity contribution < 1.29 is 19.0 Å². The number of nitrogens with zero attached hydrogens (tertiary/aromatic N) is 1. The largest absolute Gasteiger partial charge is 0.454 e. The van der Waals surface area contributed by atoms with Crippen LogP contribution >= 0.6 is 0 Å². The molecule has 1 saturated heterocycles. The summed E-state index contributed by atoms with van der Waals surface area (Å²) in [5, 5.41) is 3.86. The van der Waals surface area contributed by atoms with Crippen LogP contribution in [0.1, 0.15) is 28.8 Å². The van der Waals surface area contributed by atoms with Crippen LogP contribution in [0.25, 0.3) is 10.9 Å². The third kappa shape index (κ3) is 3.45. The molecule has 0 spiro atoms. The number of hydrogen-bond donors (Lipinski definition) is 1. The van der Waals surface area contributed by atoms with Crippen molar-refractivity contribution in [3.8, 4) is 11.5 Å². The number of aryl methyl sites for hydroxylation is 1. The first-order valence-electron chi connectivity index (χ1n) is 10.4. The molecule has 7 nitrogen and oxygen atoms in total. The molecule has 1 fully saturated rings. The summed E-state index contributed by atoms with van der Waals surface area (Å²) in [6.07, 6.45) is 1.56. The Labute approximate surface area is 179 Å². The maximum atomic E-state index is 13.2. The number of carbonyl (C=O) groups is 1. The fourth-order valence-corrected chi connectivity index (χ4v) is 4.50. The zero-order valence-electron chi connectivity index (χ0n) is 17.3. The normalized spacial score (nSPS) is 16.9. The van der Waals surface area contributed by atoms with Crippen molar-refractivity contribution >= 4 is 16.8 Å². The highest BCUT2D eigenvalue weighted by atomic mass is 16.7. The molecule has 1 aromatic heterocycles. The van der Waals surface area contributed by atoms with Crippen LogP contribution in [-0.4, -0.2) is 37.0 Å². The quantitative estimate of drug-likeness (QED) is 0.702. The smallest absolute Gasteiger partial charge is 0.252 e. The van der Waals surface area contributed by atoms with Crippen LogP contribution in [0.5, 0.6) is 11.5 Å². The van der Waals surface area contributed by atoms with Gasteiger partial charge in [0.1, 0.15) is 0 Å². The topological polar surface area (TPSA) is 78.8 Å². The third-order valence-electron chi connectivity index (χ3n) is 6.42. The second kappa shape index (κ2) is 7.74. The van der Waals surface area contributed by atoms with Gasteiger partial charge in [-0.2, -0.15) is 0 Å². The van der Waals surface area contributed by atoms with Crippen molar-refractivity contribution in [1.29, 1.82) is 0 Å². The van der Waals surface area contributed by atoms with Crippen LogP contribution in [0, 0.1) is 0 Å². The van der Waals surface area contributed by atoms with E-state index in [1.165, 1.54) is 6.07 Å². The molecule has 3 aromatic rings. The predicted octanol–water partition coefficient (Wildman–Crippen LogP) is 2.75. The van der Waals surface area contributed by atoms with Gasteiger partial charge in [-0.3, -0.25) is 9.59 Å². The van der Waals surface area contributed by atoms with Gasteiger partial charge < -0.3 is 24.1 Å². The first-order valence-corrected chi connectivity index (χ1v) is 10.4. The molecule has 2 aliphatic rings. The zero-order valence-corrected chi connectivity index (χ0v) is 17.3. The van der Waals surface area contributed by atoms with Crippen molar-refractivity contribution in [1.82, 2.24) is 9.88 Å². The van der Waals surface area contributed by atoms with Crippen LogP contribution in [0.2, 0.25) is 0 Å². The van der Waals surface area contributed by atoms with Crippen LogP contribution < -0.4 is 20.3 Å². The van der Waals surface area contributed by atoms with Gasteiger partial charge in [0.2, 0.25) is 6.79 Å². The second-order valence-electron chi connectivity index (χ2n) is 8.12. The van der Waals surface area contributed by atoms with Gasteiger partial charge in [-0.25, -0.2) is 0 Å². The molecule has 0 saturated carbocycles. The molecule has 3 heterocycles. The lowest BCUT2D eigenvalue weighted by Crippen LogP contribution is -2.44. The Bertz CT molecular complexity index is 1210. The lowest BCUT2D eigenvalue weighted by Gasteiger charge is -2.38. The summed E-state index contributed by atoms with van der Waals surface area (Å²) in [5.74, 6) is 1.22. The van der Waals surface area contributed by atoms with E-state index in [0.29, 0.717) is 25.3 Å². The number of pyridine rings is 1. The SMILES string of the molecule is Cn1c(=O)cc(C(=O)NCC2(c3ccc4c(c3)OCO4)CCOCC2)c2ccccc21. The summed E-state index contributed by atoms with van der Waals surface area (Å²) in [5.41, 5.74) is 1.74. The van der Waals surface area contributed by atoms with Crippen molar-refractivity contribution in [2.45, 2.75) is 18.3 Å². The minimum absolute atomic E-state index is 0.208. The summed E-state index contributed by atoms with van der Waals surface area (Å²) in [6.45, 7) is 1.91. The molecule has 0 radical (unpaired) electrons. The Balaban J connectivity index is 1.46. The van der Waals surface area contributed by atoms with Crippen molar-refractivity contribution in [2.24, 2.45) is 7.05 Å². The molecule has 0 unspecified atom stereocenters. The highest BCUT2D eigenvalue weighted by Crippen LogP contribution is 2.40. The number of carbonyl (C=O) groups excluding carboxylic acids is 1. The van der Waals surface area contributed by atoms with Gasteiger partial charge in [0.15, 0.2) is 11.5 Å². The number of aromatic nitrogens is 1. The van der Waals surface area contributed by atoms with Gasteiger partial charge in [-0.1, -0.05) is 24.3 Å². The van der Waals surface area contributed by atoms with Crippen molar-refractivity contribution in [2.75, 3.05) is 26.6 Å². The first-order chi connectivity index (χ1) is 15.1. The molecule has 5 rings (SSSR count). The number of amides is 1. The molecule has 2 aromatic carbocycles. The Hall–Kier alpha value is -3.32. The number of fused-ring (bicyclic) bond motifs is 2. The average Bonchev–Trinajstić information content (AvgIpc) is 3.28. The molecule has 160 valence electrons. The molecule has 31 heavy (non-hydrogen) atoms. The van der Waals surface area contributed by atoms with E-state index in [9.17, 15) is 9.59 Å². The van der Waals surface area contributed by atoms with Crippen LogP contribution in [0.3, 0.4) is 0 Å². The minimum Gasteiger partial charge on any atom is -0.454 e. The predicted molar refractivity (Wildman–Crippen MR) is 116 cm³/mol. The van der Waals surface area contributed by atoms with E-state index < -0.39 is 0 Å². The van der Waals surface area contributed by atoms with Crippen LogP contribution in [0.15, 0.2) is 53.3 Å². The number of nitrogens with one attached hydrogen (secondary N) is 1. The summed E-state index contributed by atoms with van der Waals surface area (Å²) in [7, 11) is 1.71. The average molecular weight is 420 g/mol. The molecule has 1 N–H and O–H groups in total. The van der Waals surface area contributed by atoms with Crippen LogP contribution in [0.4, 0.5) is 0 Å². The van der Waals surface area contributed by atoms with Gasteiger partial charge in [0.25, 0.3) is 11.5 Å². The van der Waals surface area contributed by atoms with Gasteiger partial charge in [-0.15, -0.1) is 0 Å². The molecule has 0 aliphatic carbocycles. The van der Waals surface area contributed by atoms with E-state index in [1.54, 1.807) is 11.6 Å². The Kier molecular flexibility index (Phi) is 4.90. The first kappa shape index (κ1) is 19.6. The molecular formula is C24H24N2O5. The lowest BCUT2D eigenvalue weighted by atomic mass is 9.74. The second-order valence-corrected chi connectivity index (χ2v) is 8.12. The van der Waals surface area contributed by atoms with E-state index in [2.05, 4.69) is 5.32 Å². The monoisotopic (exact) mass is 420 g/mol. The Morgan fingerprint density at radius 2 is 1.84 bits per heavy atom. The van der Waals surface area contributed by atoms with Gasteiger partial charge in [-0.05, 0) is 36.6 Å². The summed E-state index contributed by atoms with van der Waals surface area (Å²) in [4.78, 5) is 25.6. The lowest BCUT2D eigenvalue weighted by molar-refractivity contribution is 0.0486. The summed E-state index contributed by atoms with van der Waals surface area (Å²) >= 11 is 0. The molecule has 2 aliphatic heterocycles. The van der Waals surface area contributed by atoms with E-state index in [1.807, 2.05) is 42.5 Å². The highest BCUT2D eigenvalue weighted by Gasteiger charge is 2.36. The van der Waals surface area contributed by atoms with Gasteiger partial charge in [0, 0.05) is 43.7 Å². The van der Waals surface area contributed by atoms with E-state index in [0.717, 1.165) is 40.8 Å². The summed E-state index contributed by atoms with van der Waals surface area (Å²) < 4.78 is 18.2. The standard InChI is InChI=1S/C24H24N2O5/c1-26-19-5-3-2-4-17(19)18(13-22(26)27)23(28)25-14-24(8-10-29-11-9-24)16-6-7-20-21(12-16)31-15-30-20/h2-7,12-13H,8-11,14-15H2,1H3,(H,25,28). The number of benzene rings is 2. The highest BCUT2D eigenvalue weighted by molar-refractivity contribution is 6.06. The van der Waals surface area contributed by atoms with E-state index in [-0.39, 0.29) is 23.7 Å². The third-order valence-corrected chi connectivity index (χ3v) is 6.42. The fraction of sp³-hybridized carbons (Fsp3) is 0.333. The molecular weight excluding hydrogens is 396 g/mol. The minimum atomic E-state index is -0.273. The Morgan fingerprint density at radius 3 is 2.68 bits per heavy atom. The maximum Gasteiger partial charge on any atom is 0.252 e. The number of para-hydroxylation sites is 1. The van der Waals surface area contributed by atoms with Crippen LogP contribution in [-0.2, 0) is 17.2 Å². The van der Waals surface area contributed by atoms with Crippen molar-refractivity contribution in [3.63, 3.8) is 0 Å². The zero-order chi connectivity index (χ0) is 21.4. The molecule has 1 amide bonds. The summed E-state index contributed by atoms with van der Waals surface area (Å²) in [6, 6.07) is 14.8. The number of ether oxygens (including phenoxy) is 3. The van der Waals surface area contributed by atoms with Crippen molar-refractivity contribution in [3.05, 3.63) is 70.0 Å². The fourth-order valence-electron chi connectivity index (χ4n) is 4.50. The number of hydrogen-bond acceptors (Lipinski definition) is 5.